The van der Waals surface area contributed by atoms with Crippen LogP contribution in [-0.4, -0.2) is 67.8 Å². The maximum Gasteiger partial charge on any atom is 0.490 e. The Morgan fingerprint density at radius 3 is 2.19 bits per heavy atom. The first-order chi connectivity index (χ1) is 16.4. The third-order valence-electron chi connectivity index (χ3n) is 5.25. The van der Waals surface area contributed by atoms with Crippen molar-refractivity contribution < 1.29 is 37.4 Å². The number of carboxylic acids is 1. The Hall–Kier alpha value is -3.23. The van der Waals surface area contributed by atoms with Gasteiger partial charge in [-0.2, -0.15) is 13.2 Å². The molecule has 0 unspecified atom stereocenters. The molecule has 1 saturated heterocycles. The standard InChI is InChI=1S/C19H24BrN5O4.C2HF3O2/c1-10-23-11-9-22-14(13(20)12(11)15(26)24-10)19(16(21)27)5-7-25(8-6-19)17(28)29-18(2,3)4;3-2(4,5)1(6)7/h9H,5-8H2,1-4H3,(H2,21,27)(H,23,24,26);(H,6,7). The SMILES string of the molecule is Cc1nc2cnc(C3(C(N)=O)CCN(C(=O)OC(C)(C)C)CC3)c(Br)c2c(=O)[nH]1.O=C(O)C(F)(F)F. The number of fused-ring (bicyclic) bond motifs is 1. The molecule has 0 aromatic carbocycles. The lowest BCUT2D eigenvalue weighted by Gasteiger charge is -2.40. The van der Waals surface area contributed by atoms with Gasteiger partial charge in [0.25, 0.3) is 5.56 Å². The summed E-state index contributed by atoms with van der Waals surface area (Å²) in [6.07, 6.45) is -3.49. The van der Waals surface area contributed by atoms with E-state index in [1.54, 1.807) is 32.6 Å². The number of primary amides is 1. The summed E-state index contributed by atoms with van der Waals surface area (Å²) in [7, 11) is 0. The van der Waals surface area contributed by atoms with Crippen molar-refractivity contribution in [2.75, 3.05) is 13.1 Å². The molecule has 2 aromatic heterocycles. The second kappa shape index (κ2) is 10.4. The summed E-state index contributed by atoms with van der Waals surface area (Å²) >= 11 is 3.44. The number of H-pyrrole nitrogens is 1. The number of aromatic nitrogens is 3. The van der Waals surface area contributed by atoms with E-state index in [0.29, 0.717) is 26.9 Å². The minimum absolute atomic E-state index is 0.274. The number of carbonyl (C=O) groups is 3. The predicted molar refractivity (Wildman–Crippen MR) is 124 cm³/mol. The second-order valence-electron chi connectivity index (χ2n) is 9.05. The number of piperidine rings is 1. The molecule has 4 N–H and O–H groups in total. The quantitative estimate of drug-likeness (QED) is 0.487. The van der Waals surface area contributed by atoms with Gasteiger partial charge in [-0.15, -0.1) is 0 Å². The number of pyridine rings is 1. The van der Waals surface area contributed by atoms with E-state index in [1.807, 2.05) is 0 Å². The number of hydrogen-bond donors (Lipinski definition) is 3. The first-order valence-corrected chi connectivity index (χ1v) is 11.3. The number of carboxylic acid groups (broad SMARTS) is 1. The molecule has 3 heterocycles. The molecule has 2 aromatic rings. The minimum atomic E-state index is -5.08. The molecule has 0 aliphatic carbocycles. The molecular formula is C21H25BrF3N5O6. The highest BCUT2D eigenvalue weighted by Crippen LogP contribution is 2.39. The van der Waals surface area contributed by atoms with Gasteiger partial charge in [-0.05, 0) is 56.5 Å². The fourth-order valence-electron chi connectivity index (χ4n) is 3.54. The molecular weight excluding hydrogens is 555 g/mol. The Balaban J connectivity index is 0.000000572. The molecule has 0 atom stereocenters. The Morgan fingerprint density at radius 2 is 1.75 bits per heavy atom. The largest absolute Gasteiger partial charge is 0.490 e. The number of nitrogens with one attached hydrogen (secondary N) is 1. The maximum atomic E-state index is 12.5. The number of amides is 2. The number of aromatic amines is 1. The van der Waals surface area contributed by atoms with Crippen molar-refractivity contribution in [3.63, 3.8) is 0 Å². The van der Waals surface area contributed by atoms with Gasteiger partial charge in [0.1, 0.15) is 11.4 Å². The fraction of sp³-hybridized carbons (Fsp3) is 0.524. The van der Waals surface area contributed by atoms with Crippen LogP contribution < -0.4 is 11.3 Å². The number of aliphatic carboxylic acids is 1. The van der Waals surface area contributed by atoms with Crippen molar-refractivity contribution in [2.24, 2.45) is 5.73 Å². The van der Waals surface area contributed by atoms with E-state index in [9.17, 15) is 27.6 Å². The van der Waals surface area contributed by atoms with Crippen molar-refractivity contribution in [3.05, 3.63) is 32.5 Å². The van der Waals surface area contributed by atoms with Crippen LogP contribution in [0.3, 0.4) is 0 Å². The molecule has 198 valence electrons. The zero-order valence-corrected chi connectivity index (χ0v) is 21.4. The molecule has 1 fully saturated rings. The number of nitrogens with zero attached hydrogens (tertiary/aromatic N) is 3. The van der Waals surface area contributed by atoms with Gasteiger partial charge in [0.2, 0.25) is 5.91 Å². The zero-order chi connectivity index (χ0) is 27.6. The first-order valence-electron chi connectivity index (χ1n) is 10.5. The highest BCUT2D eigenvalue weighted by molar-refractivity contribution is 9.10. The van der Waals surface area contributed by atoms with Gasteiger partial charge in [-0.25, -0.2) is 14.6 Å². The summed E-state index contributed by atoms with van der Waals surface area (Å²) in [5, 5.41) is 7.44. The molecule has 15 heteroatoms. The number of aryl methyl sites for hydroxylation is 1. The van der Waals surface area contributed by atoms with Gasteiger partial charge in [0.05, 0.1) is 32.7 Å². The number of hydrogen-bond acceptors (Lipinski definition) is 7. The smallest absolute Gasteiger partial charge is 0.475 e. The zero-order valence-electron chi connectivity index (χ0n) is 19.8. The molecule has 2 amide bonds. The van der Waals surface area contributed by atoms with Crippen LogP contribution in [0.4, 0.5) is 18.0 Å². The Labute approximate surface area is 211 Å². The Bertz CT molecular complexity index is 1230. The second-order valence-corrected chi connectivity index (χ2v) is 9.84. The number of ether oxygens (including phenoxy) is 1. The van der Waals surface area contributed by atoms with Crippen molar-refractivity contribution in [3.8, 4) is 0 Å². The summed E-state index contributed by atoms with van der Waals surface area (Å²) in [5.41, 5.74) is 4.57. The van der Waals surface area contributed by atoms with Crippen LogP contribution in [-0.2, 0) is 19.7 Å². The van der Waals surface area contributed by atoms with Gasteiger partial charge in [0, 0.05) is 13.1 Å². The van der Waals surface area contributed by atoms with E-state index in [2.05, 4.69) is 30.9 Å². The molecule has 1 aliphatic rings. The van der Waals surface area contributed by atoms with Crippen molar-refractivity contribution >= 4 is 44.8 Å². The number of nitrogens with two attached hydrogens (primary N) is 1. The minimum Gasteiger partial charge on any atom is -0.475 e. The number of rotatable bonds is 2. The first kappa shape index (κ1) is 29.0. The number of carbonyl (C=O) groups excluding carboxylic acids is 2. The van der Waals surface area contributed by atoms with E-state index >= 15 is 0 Å². The van der Waals surface area contributed by atoms with Crippen molar-refractivity contribution in [2.45, 2.75) is 57.7 Å². The van der Waals surface area contributed by atoms with E-state index in [4.69, 9.17) is 20.4 Å². The van der Waals surface area contributed by atoms with E-state index in [-0.39, 0.29) is 31.5 Å². The average Bonchev–Trinajstić information content (AvgIpc) is 2.72. The van der Waals surface area contributed by atoms with Gasteiger partial charge >= 0.3 is 18.2 Å². The van der Waals surface area contributed by atoms with Crippen LogP contribution in [0.5, 0.6) is 0 Å². The van der Waals surface area contributed by atoms with E-state index in [1.165, 1.54) is 6.20 Å². The number of halogens is 4. The Kier molecular flexibility index (Phi) is 8.38. The highest BCUT2D eigenvalue weighted by Gasteiger charge is 2.46. The van der Waals surface area contributed by atoms with Gasteiger partial charge in [0.15, 0.2) is 0 Å². The molecule has 36 heavy (non-hydrogen) atoms. The van der Waals surface area contributed by atoms with Gasteiger partial charge in [-0.3, -0.25) is 14.6 Å². The van der Waals surface area contributed by atoms with Crippen LogP contribution in [0.25, 0.3) is 10.9 Å². The summed E-state index contributed by atoms with van der Waals surface area (Å²) in [4.78, 5) is 59.2. The van der Waals surface area contributed by atoms with Gasteiger partial charge < -0.3 is 25.5 Å². The fourth-order valence-corrected chi connectivity index (χ4v) is 4.41. The lowest BCUT2D eigenvalue weighted by Crippen LogP contribution is -2.52. The topological polar surface area (TPSA) is 169 Å². The predicted octanol–water partition coefficient (Wildman–Crippen LogP) is 2.78. The average molecular weight is 580 g/mol. The lowest BCUT2D eigenvalue weighted by atomic mass is 9.74. The van der Waals surface area contributed by atoms with Crippen LogP contribution in [0.1, 0.15) is 45.1 Å². The Morgan fingerprint density at radius 1 is 1.22 bits per heavy atom. The van der Waals surface area contributed by atoms with Crippen molar-refractivity contribution in [1.82, 2.24) is 19.9 Å². The molecule has 0 radical (unpaired) electrons. The summed E-state index contributed by atoms with van der Waals surface area (Å²) in [6.45, 7) is 7.64. The summed E-state index contributed by atoms with van der Waals surface area (Å²) in [5.74, 6) is -2.84. The van der Waals surface area contributed by atoms with Crippen molar-refractivity contribution in [1.29, 1.82) is 0 Å². The van der Waals surface area contributed by atoms with Crippen LogP contribution in [0.2, 0.25) is 0 Å². The van der Waals surface area contributed by atoms with Gasteiger partial charge in [-0.1, -0.05) is 0 Å². The van der Waals surface area contributed by atoms with Crippen LogP contribution in [0.15, 0.2) is 15.5 Å². The number of alkyl halides is 3. The highest BCUT2D eigenvalue weighted by atomic mass is 79.9. The maximum absolute atomic E-state index is 12.5. The summed E-state index contributed by atoms with van der Waals surface area (Å²) in [6, 6.07) is 0. The molecule has 0 bridgehead atoms. The molecule has 3 rings (SSSR count). The molecule has 11 nitrogen and oxygen atoms in total. The third-order valence-corrected chi connectivity index (χ3v) is 6.02. The number of likely N-dealkylation sites (tertiary alicyclic amines) is 1. The van der Waals surface area contributed by atoms with E-state index < -0.39 is 35.2 Å². The lowest BCUT2D eigenvalue weighted by molar-refractivity contribution is -0.192. The molecule has 0 saturated carbocycles. The summed E-state index contributed by atoms with van der Waals surface area (Å²) < 4.78 is 37.5. The monoisotopic (exact) mass is 579 g/mol. The molecule has 0 spiro atoms. The third kappa shape index (κ3) is 6.50. The van der Waals surface area contributed by atoms with E-state index in [0.717, 1.165) is 0 Å². The molecule has 1 aliphatic heterocycles. The van der Waals surface area contributed by atoms with Crippen LogP contribution in [0, 0.1) is 6.92 Å². The van der Waals surface area contributed by atoms with Crippen LogP contribution >= 0.6 is 15.9 Å². The normalized spacial score (nSPS) is 15.6.